The lowest BCUT2D eigenvalue weighted by Crippen LogP contribution is -2.48. The van der Waals surface area contributed by atoms with E-state index in [0.717, 1.165) is 36.9 Å². The molecule has 0 aliphatic carbocycles. The lowest BCUT2D eigenvalue weighted by atomic mass is 10.1. The summed E-state index contributed by atoms with van der Waals surface area (Å²) in [7, 11) is 0. The summed E-state index contributed by atoms with van der Waals surface area (Å²) in [5.74, 6) is 0.0423. The van der Waals surface area contributed by atoms with Crippen LogP contribution in [0.15, 0.2) is 36.4 Å². The summed E-state index contributed by atoms with van der Waals surface area (Å²) in [6.45, 7) is 10.2. The molecule has 26 heavy (non-hydrogen) atoms. The second kappa shape index (κ2) is 8.11. The fraction of sp³-hybridized carbons (Fsp3) is 0.381. The van der Waals surface area contributed by atoms with Crippen molar-refractivity contribution in [1.29, 1.82) is 0 Å². The van der Waals surface area contributed by atoms with E-state index < -0.39 is 0 Å². The summed E-state index contributed by atoms with van der Waals surface area (Å²) >= 11 is 6.14. The second-order valence-corrected chi connectivity index (χ2v) is 7.48. The average molecular weight is 372 g/mol. The van der Waals surface area contributed by atoms with Crippen molar-refractivity contribution in [3.05, 3.63) is 58.1 Å². The zero-order chi connectivity index (χ0) is 18.7. The first-order valence-corrected chi connectivity index (χ1v) is 9.41. The van der Waals surface area contributed by atoms with Gasteiger partial charge in [-0.15, -0.1) is 0 Å². The van der Waals surface area contributed by atoms with Crippen molar-refractivity contribution in [3.63, 3.8) is 0 Å². The number of nitrogens with one attached hydrogen (secondary N) is 1. The van der Waals surface area contributed by atoms with Gasteiger partial charge in [0.1, 0.15) is 0 Å². The van der Waals surface area contributed by atoms with E-state index in [4.69, 9.17) is 11.6 Å². The van der Waals surface area contributed by atoms with Gasteiger partial charge in [0.15, 0.2) is 0 Å². The first kappa shape index (κ1) is 18.7. The zero-order valence-corrected chi connectivity index (χ0v) is 16.4. The van der Waals surface area contributed by atoms with Gasteiger partial charge >= 0.3 is 0 Å². The highest BCUT2D eigenvalue weighted by Crippen LogP contribution is 2.25. The number of hydrogen-bond donors (Lipinski definition) is 1. The SMILES string of the molecule is Cc1ccc(NC(=O)CN2CCN(c3cc(Cl)ccc3C)CC2)cc1C. The number of anilines is 2. The van der Waals surface area contributed by atoms with E-state index >= 15 is 0 Å². The molecule has 0 aromatic heterocycles. The first-order valence-electron chi connectivity index (χ1n) is 9.03. The number of benzene rings is 2. The van der Waals surface area contributed by atoms with Crippen molar-refractivity contribution in [2.45, 2.75) is 20.8 Å². The highest BCUT2D eigenvalue weighted by Gasteiger charge is 2.20. The number of amides is 1. The van der Waals surface area contributed by atoms with Crippen molar-refractivity contribution < 1.29 is 4.79 Å². The number of piperazine rings is 1. The van der Waals surface area contributed by atoms with Crippen molar-refractivity contribution >= 4 is 28.9 Å². The lowest BCUT2D eigenvalue weighted by molar-refractivity contribution is -0.117. The van der Waals surface area contributed by atoms with Crippen LogP contribution in [-0.2, 0) is 4.79 Å². The van der Waals surface area contributed by atoms with Crippen LogP contribution in [0.4, 0.5) is 11.4 Å². The molecule has 0 bridgehead atoms. The molecule has 3 rings (SSSR count). The third kappa shape index (κ3) is 4.57. The van der Waals surface area contributed by atoms with Gasteiger partial charge in [0, 0.05) is 42.6 Å². The van der Waals surface area contributed by atoms with Gasteiger partial charge in [-0.2, -0.15) is 0 Å². The topological polar surface area (TPSA) is 35.6 Å². The standard InChI is InChI=1S/C21H26ClN3O/c1-15-5-7-19(12-17(15)3)23-21(26)14-24-8-10-25(11-9-24)20-13-18(22)6-4-16(20)2/h4-7,12-13H,8-11,14H2,1-3H3,(H,23,26). The summed E-state index contributed by atoms with van der Waals surface area (Å²) in [5.41, 5.74) is 5.71. The normalized spacial score (nSPS) is 15.2. The molecule has 0 spiro atoms. The molecule has 1 fully saturated rings. The summed E-state index contributed by atoms with van der Waals surface area (Å²) < 4.78 is 0. The maximum Gasteiger partial charge on any atom is 0.238 e. The maximum absolute atomic E-state index is 12.3. The summed E-state index contributed by atoms with van der Waals surface area (Å²) in [6, 6.07) is 12.0. The quantitative estimate of drug-likeness (QED) is 0.881. The molecule has 5 heteroatoms. The van der Waals surface area contributed by atoms with Crippen LogP contribution in [0.2, 0.25) is 5.02 Å². The van der Waals surface area contributed by atoms with Gasteiger partial charge < -0.3 is 10.2 Å². The Morgan fingerprint density at radius 1 is 0.962 bits per heavy atom. The summed E-state index contributed by atoms with van der Waals surface area (Å²) in [5, 5.41) is 3.77. The van der Waals surface area contributed by atoms with Gasteiger partial charge in [0.25, 0.3) is 0 Å². The Hall–Kier alpha value is -2.04. The number of halogens is 1. The molecule has 2 aromatic carbocycles. The smallest absolute Gasteiger partial charge is 0.238 e. The van der Waals surface area contributed by atoms with Crippen LogP contribution in [0.5, 0.6) is 0 Å². The Labute approximate surface area is 160 Å². The minimum atomic E-state index is 0.0423. The Kier molecular flexibility index (Phi) is 5.84. The Morgan fingerprint density at radius 2 is 1.65 bits per heavy atom. The second-order valence-electron chi connectivity index (χ2n) is 7.04. The van der Waals surface area contributed by atoms with Gasteiger partial charge in [-0.3, -0.25) is 9.69 Å². The number of carbonyl (C=O) groups is 1. The van der Waals surface area contributed by atoms with E-state index in [1.807, 2.05) is 30.3 Å². The molecule has 0 atom stereocenters. The van der Waals surface area contributed by atoms with Crippen LogP contribution >= 0.6 is 11.6 Å². The molecule has 1 aliphatic heterocycles. The Morgan fingerprint density at radius 3 is 2.35 bits per heavy atom. The number of nitrogens with zero attached hydrogens (tertiary/aromatic N) is 2. The van der Waals surface area contributed by atoms with Crippen LogP contribution in [0.3, 0.4) is 0 Å². The third-order valence-corrected chi connectivity index (χ3v) is 5.28. The van der Waals surface area contributed by atoms with Crippen molar-refractivity contribution in [2.24, 2.45) is 0 Å². The molecule has 1 N–H and O–H groups in total. The molecule has 4 nitrogen and oxygen atoms in total. The summed E-state index contributed by atoms with van der Waals surface area (Å²) in [6.07, 6.45) is 0. The van der Waals surface area contributed by atoms with Gasteiger partial charge in [-0.1, -0.05) is 23.7 Å². The highest BCUT2D eigenvalue weighted by molar-refractivity contribution is 6.30. The molecule has 1 heterocycles. The van der Waals surface area contributed by atoms with E-state index in [9.17, 15) is 4.79 Å². The van der Waals surface area contributed by atoms with E-state index in [0.29, 0.717) is 6.54 Å². The minimum Gasteiger partial charge on any atom is -0.369 e. The van der Waals surface area contributed by atoms with Gasteiger partial charge in [-0.05, 0) is 61.7 Å². The number of rotatable bonds is 4. The minimum absolute atomic E-state index is 0.0423. The maximum atomic E-state index is 12.3. The van der Waals surface area contributed by atoms with E-state index in [1.165, 1.54) is 22.4 Å². The number of aryl methyl sites for hydroxylation is 3. The number of hydrogen-bond acceptors (Lipinski definition) is 3. The predicted molar refractivity (Wildman–Crippen MR) is 109 cm³/mol. The molecule has 1 saturated heterocycles. The van der Waals surface area contributed by atoms with Crippen molar-refractivity contribution in [3.8, 4) is 0 Å². The average Bonchev–Trinajstić information content (AvgIpc) is 2.61. The first-order chi connectivity index (χ1) is 12.4. The van der Waals surface area contributed by atoms with Gasteiger partial charge in [0.2, 0.25) is 5.91 Å². The van der Waals surface area contributed by atoms with Crippen molar-refractivity contribution in [1.82, 2.24) is 4.90 Å². The molecule has 138 valence electrons. The van der Waals surface area contributed by atoms with Gasteiger partial charge in [0.05, 0.1) is 6.54 Å². The van der Waals surface area contributed by atoms with Crippen LogP contribution in [0.25, 0.3) is 0 Å². The molecular formula is C21H26ClN3O. The van der Waals surface area contributed by atoms with Crippen LogP contribution in [0, 0.1) is 20.8 Å². The molecule has 2 aromatic rings. The van der Waals surface area contributed by atoms with Crippen LogP contribution < -0.4 is 10.2 Å². The van der Waals surface area contributed by atoms with Crippen molar-refractivity contribution in [2.75, 3.05) is 42.9 Å². The fourth-order valence-electron chi connectivity index (χ4n) is 3.29. The van der Waals surface area contributed by atoms with Crippen LogP contribution in [-0.4, -0.2) is 43.5 Å². The Bertz CT molecular complexity index is 798. The zero-order valence-electron chi connectivity index (χ0n) is 15.7. The van der Waals surface area contributed by atoms with Crippen LogP contribution in [0.1, 0.15) is 16.7 Å². The Balaban J connectivity index is 1.52. The van der Waals surface area contributed by atoms with E-state index in [2.05, 4.69) is 42.0 Å². The van der Waals surface area contributed by atoms with Gasteiger partial charge in [-0.25, -0.2) is 0 Å². The van der Waals surface area contributed by atoms with E-state index in [1.54, 1.807) is 0 Å². The molecule has 0 radical (unpaired) electrons. The lowest BCUT2D eigenvalue weighted by Gasteiger charge is -2.36. The summed E-state index contributed by atoms with van der Waals surface area (Å²) in [4.78, 5) is 16.9. The largest absolute Gasteiger partial charge is 0.369 e. The number of carbonyl (C=O) groups excluding carboxylic acids is 1. The third-order valence-electron chi connectivity index (χ3n) is 5.04. The van der Waals surface area contributed by atoms with E-state index in [-0.39, 0.29) is 5.91 Å². The molecule has 0 saturated carbocycles. The molecule has 0 unspecified atom stereocenters. The fourth-order valence-corrected chi connectivity index (χ4v) is 3.46. The monoisotopic (exact) mass is 371 g/mol. The molecular weight excluding hydrogens is 346 g/mol. The predicted octanol–water partition coefficient (Wildman–Crippen LogP) is 4.03. The molecule has 1 amide bonds. The molecule has 1 aliphatic rings. The highest BCUT2D eigenvalue weighted by atomic mass is 35.5.